The third-order valence-electron chi connectivity index (χ3n) is 6.16. The van der Waals surface area contributed by atoms with E-state index in [0.29, 0.717) is 5.02 Å². The predicted molar refractivity (Wildman–Crippen MR) is 119 cm³/mol. The van der Waals surface area contributed by atoms with Gasteiger partial charge in [-0.25, -0.2) is 4.52 Å². The van der Waals surface area contributed by atoms with Crippen LogP contribution in [0.25, 0.3) is 16.8 Å². The average Bonchev–Trinajstić information content (AvgIpc) is 3.66. The van der Waals surface area contributed by atoms with E-state index in [1.807, 2.05) is 18.2 Å². The number of anilines is 1. The summed E-state index contributed by atoms with van der Waals surface area (Å²) in [6.45, 7) is 4.54. The van der Waals surface area contributed by atoms with Crippen LogP contribution in [-0.2, 0) is 6.42 Å². The Labute approximate surface area is 177 Å². The van der Waals surface area contributed by atoms with Gasteiger partial charge in [-0.3, -0.25) is 0 Å². The van der Waals surface area contributed by atoms with Crippen LogP contribution < -0.4 is 9.64 Å². The van der Waals surface area contributed by atoms with Crippen molar-refractivity contribution in [3.63, 3.8) is 0 Å². The van der Waals surface area contributed by atoms with Crippen molar-refractivity contribution >= 4 is 22.8 Å². The van der Waals surface area contributed by atoms with Crippen molar-refractivity contribution in [3.8, 4) is 17.0 Å². The van der Waals surface area contributed by atoms with Crippen molar-refractivity contribution < 1.29 is 4.74 Å². The van der Waals surface area contributed by atoms with Gasteiger partial charge in [-0.2, -0.15) is 5.10 Å². The van der Waals surface area contributed by atoms with Crippen molar-refractivity contribution in [3.05, 3.63) is 47.1 Å². The molecule has 2 aliphatic carbocycles. The smallest absolute Gasteiger partial charge is 0.120 e. The first-order valence-electron chi connectivity index (χ1n) is 10.8. The summed E-state index contributed by atoms with van der Waals surface area (Å²) in [6.07, 6.45) is 6.41. The van der Waals surface area contributed by atoms with E-state index in [9.17, 15) is 0 Å². The zero-order valence-electron chi connectivity index (χ0n) is 17.2. The van der Waals surface area contributed by atoms with E-state index in [1.54, 1.807) is 7.11 Å². The number of halogens is 1. The average molecular weight is 410 g/mol. The molecule has 0 aliphatic heterocycles. The molecule has 0 amide bonds. The largest absolute Gasteiger partial charge is 0.497 e. The van der Waals surface area contributed by atoms with Crippen molar-refractivity contribution in [2.24, 2.45) is 11.8 Å². The highest BCUT2D eigenvalue weighted by atomic mass is 35.5. The second kappa shape index (κ2) is 7.56. The minimum atomic E-state index is 0.680. The van der Waals surface area contributed by atoms with Gasteiger partial charge in [0.05, 0.1) is 34.7 Å². The highest BCUT2D eigenvalue weighted by molar-refractivity contribution is 6.33. The number of hydrogen-bond donors (Lipinski definition) is 0. The van der Waals surface area contributed by atoms with Crippen molar-refractivity contribution in [2.75, 3.05) is 25.1 Å². The van der Waals surface area contributed by atoms with Gasteiger partial charge in [0.2, 0.25) is 0 Å². The molecule has 5 heteroatoms. The molecule has 0 bridgehead atoms. The molecule has 0 spiro atoms. The molecule has 29 heavy (non-hydrogen) atoms. The molecule has 152 valence electrons. The van der Waals surface area contributed by atoms with Gasteiger partial charge >= 0.3 is 0 Å². The van der Waals surface area contributed by atoms with Gasteiger partial charge in [-0.05, 0) is 74.3 Å². The first kappa shape index (κ1) is 18.8. The van der Waals surface area contributed by atoms with Crippen molar-refractivity contribution in [2.45, 2.75) is 39.0 Å². The lowest BCUT2D eigenvalue weighted by molar-refractivity contribution is 0.415. The molecule has 2 heterocycles. The maximum Gasteiger partial charge on any atom is 0.120 e. The van der Waals surface area contributed by atoms with Gasteiger partial charge in [0.15, 0.2) is 0 Å². The van der Waals surface area contributed by atoms with Gasteiger partial charge < -0.3 is 9.64 Å². The summed E-state index contributed by atoms with van der Waals surface area (Å²) in [6, 6.07) is 12.3. The Morgan fingerprint density at radius 3 is 2.41 bits per heavy atom. The maximum absolute atomic E-state index is 6.61. The number of aryl methyl sites for hydroxylation is 1. The molecule has 2 saturated carbocycles. The fourth-order valence-electron chi connectivity index (χ4n) is 4.20. The highest BCUT2D eigenvalue weighted by Gasteiger charge is 2.32. The number of aromatic nitrogens is 2. The number of hydrogen-bond acceptors (Lipinski definition) is 3. The minimum absolute atomic E-state index is 0.680. The molecule has 1 aromatic carbocycles. The van der Waals surface area contributed by atoms with Crippen molar-refractivity contribution in [1.82, 2.24) is 9.61 Å². The molecular weight excluding hydrogens is 382 g/mol. The molecule has 0 radical (unpaired) electrons. The minimum Gasteiger partial charge on any atom is -0.497 e. The Kier molecular flexibility index (Phi) is 4.91. The Balaban J connectivity index is 1.63. The third-order valence-corrected chi connectivity index (χ3v) is 6.47. The second-order valence-corrected chi connectivity index (χ2v) is 8.90. The fourth-order valence-corrected chi connectivity index (χ4v) is 4.47. The lowest BCUT2D eigenvalue weighted by Gasteiger charge is -2.25. The SMILES string of the molecule is CCc1nn2c(-c3ccc(OC)cc3Cl)cccc2c1N(CC1CC1)CC1CC1. The molecule has 4 nitrogen and oxygen atoms in total. The Bertz CT molecular complexity index is 1020. The highest BCUT2D eigenvalue weighted by Crippen LogP contribution is 2.40. The number of pyridine rings is 1. The van der Waals surface area contributed by atoms with Crippen LogP contribution in [0.2, 0.25) is 5.02 Å². The maximum atomic E-state index is 6.61. The number of benzene rings is 1. The van der Waals surface area contributed by atoms with Crippen LogP contribution in [0.1, 0.15) is 38.3 Å². The first-order chi connectivity index (χ1) is 14.2. The quantitative estimate of drug-likeness (QED) is 0.467. The van der Waals surface area contributed by atoms with E-state index < -0.39 is 0 Å². The van der Waals surface area contributed by atoms with E-state index in [0.717, 1.165) is 35.3 Å². The monoisotopic (exact) mass is 409 g/mol. The van der Waals surface area contributed by atoms with Crippen molar-refractivity contribution in [1.29, 1.82) is 0 Å². The summed E-state index contributed by atoms with van der Waals surface area (Å²) in [5, 5.41) is 5.73. The summed E-state index contributed by atoms with van der Waals surface area (Å²) in [5.41, 5.74) is 5.70. The summed E-state index contributed by atoms with van der Waals surface area (Å²) in [5.74, 6) is 2.47. The summed E-state index contributed by atoms with van der Waals surface area (Å²) >= 11 is 6.61. The number of rotatable bonds is 8. The summed E-state index contributed by atoms with van der Waals surface area (Å²) < 4.78 is 7.41. The van der Waals surface area contributed by atoms with Gasteiger partial charge in [-0.15, -0.1) is 0 Å². The van der Waals surface area contributed by atoms with Crippen LogP contribution in [0.5, 0.6) is 5.75 Å². The molecule has 0 saturated heterocycles. The lowest BCUT2D eigenvalue weighted by atomic mass is 10.1. The van der Waals surface area contributed by atoms with Gasteiger partial charge in [0.25, 0.3) is 0 Å². The second-order valence-electron chi connectivity index (χ2n) is 8.49. The molecular formula is C24H28ClN3O. The van der Waals surface area contributed by atoms with Gasteiger partial charge in [-0.1, -0.05) is 24.6 Å². The van der Waals surface area contributed by atoms with Crippen LogP contribution in [-0.4, -0.2) is 29.8 Å². The molecule has 2 fully saturated rings. The van der Waals surface area contributed by atoms with E-state index in [2.05, 4.69) is 34.5 Å². The molecule has 0 atom stereocenters. The summed E-state index contributed by atoms with van der Waals surface area (Å²) in [7, 11) is 1.66. The standard InChI is InChI=1S/C24H28ClN3O/c1-3-21-24(27(14-16-7-8-16)15-17-9-10-17)23-6-4-5-22(28(23)26-21)19-12-11-18(29-2)13-20(19)25/h4-6,11-13,16-17H,3,7-10,14-15H2,1-2H3. The van der Waals surface area contributed by atoms with Gasteiger partial charge in [0, 0.05) is 18.7 Å². The lowest BCUT2D eigenvalue weighted by Crippen LogP contribution is -2.28. The Morgan fingerprint density at radius 1 is 1.10 bits per heavy atom. The zero-order chi connectivity index (χ0) is 20.0. The number of nitrogens with zero attached hydrogens (tertiary/aromatic N) is 3. The Morgan fingerprint density at radius 2 is 1.83 bits per heavy atom. The Hall–Kier alpha value is -2.20. The number of ether oxygens (including phenoxy) is 1. The van der Waals surface area contributed by atoms with E-state index >= 15 is 0 Å². The van der Waals surface area contributed by atoms with Crippen LogP contribution in [0.3, 0.4) is 0 Å². The van der Waals surface area contributed by atoms with Gasteiger partial charge in [0.1, 0.15) is 5.75 Å². The molecule has 3 aromatic rings. The molecule has 2 aliphatic rings. The predicted octanol–water partition coefficient (Wildman–Crippen LogP) is 5.85. The van der Waals surface area contributed by atoms with Crippen LogP contribution in [0.15, 0.2) is 36.4 Å². The zero-order valence-corrected chi connectivity index (χ0v) is 18.0. The molecule has 5 rings (SSSR count). The van der Waals surface area contributed by atoms with E-state index in [4.69, 9.17) is 21.4 Å². The molecule has 0 N–H and O–H groups in total. The molecule has 2 aromatic heterocycles. The number of methoxy groups -OCH3 is 1. The van der Waals surface area contributed by atoms with E-state index in [-0.39, 0.29) is 0 Å². The molecule has 0 unspecified atom stereocenters. The third kappa shape index (κ3) is 3.71. The number of fused-ring (bicyclic) bond motifs is 1. The normalized spacial score (nSPS) is 16.4. The fraction of sp³-hybridized carbons (Fsp3) is 0.458. The van der Waals surface area contributed by atoms with Crippen LogP contribution in [0, 0.1) is 11.8 Å². The first-order valence-corrected chi connectivity index (χ1v) is 11.1. The van der Waals surface area contributed by atoms with E-state index in [1.165, 1.54) is 55.7 Å². The van der Waals surface area contributed by atoms with Crippen LogP contribution >= 0.6 is 11.6 Å². The summed E-state index contributed by atoms with van der Waals surface area (Å²) in [4.78, 5) is 2.63. The van der Waals surface area contributed by atoms with Crippen LogP contribution in [0.4, 0.5) is 5.69 Å². The topological polar surface area (TPSA) is 29.8 Å².